The zero-order valence-corrected chi connectivity index (χ0v) is 24.1. The first-order valence-corrected chi connectivity index (χ1v) is 14.0. The molecular formula is C27H21Cl2N9O3S. The number of tetrazole rings is 1. The van der Waals surface area contributed by atoms with Gasteiger partial charge in [0.25, 0.3) is 0 Å². The molecule has 0 aliphatic heterocycles. The van der Waals surface area contributed by atoms with Gasteiger partial charge in [-0.3, -0.25) is 10.1 Å². The standard InChI is InChI=1S/C27H21Cl2N9O3S/c1-41-27(40)32-19-6-2-16(3-7-19)21-12-23(34-35-26(21)29)22(11-20-13-42-15-30-20)33-25(39)9-4-17-10-18(28)5-8-24(17)38-14-31-36-37-38/h2-10,12-15,22H,11H2,1H3,(H,32,40)(H,33,39). The van der Waals surface area contributed by atoms with Gasteiger partial charge in [0.05, 0.1) is 35.7 Å². The van der Waals surface area contributed by atoms with Crippen molar-refractivity contribution in [2.75, 3.05) is 12.4 Å². The highest BCUT2D eigenvalue weighted by Crippen LogP contribution is 2.30. The highest BCUT2D eigenvalue weighted by atomic mass is 35.5. The van der Waals surface area contributed by atoms with E-state index >= 15 is 0 Å². The molecule has 2 N–H and O–H groups in total. The van der Waals surface area contributed by atoms with Gasteiger partial charge in [-0.15, -0.1) is 21.5 Å². The van der Waals surface area contributed by atoms with Gasteiger partial charge >= 0.3 is 6.09 Å². The lowest BCUT2D eigenvalue weighted by molar-refractivity contribution is -0.117. The molecule has 0 aliphatic carbocycles. The maximum absolute atomic E-state index is 13.2. The number of halogens is 2. The molecule has 212 valence electrons. The maximum Gasteiger partial charge on any atom is 0.411 e. The molecule has 0 fully saturated rings. The van der Waals surface area contributed by atoms with Gasteiger partial charge in [-0.1, -0.05) is 35.3 Å². The van der Waals surface area contributed by atoms with Crippen molar-refractivity contribution in [2.45, 2.75) is 12.5 Å². The van der Waals surface area contributed by atoms with Crippen molar-refractivity contribution in [3.05, 3.63) is 99.0 Å². The summed E-state index contributed by atoms with van der Waals surface area (Å²) in [6.07, 6.45) is 4.26. The molecule has 1 atom stereocenters. The summed E-state index contributed by atoms with van der Waals surface area (Å²) in [6, 6.07) is 13.3. The van der Waals surface area contributed by atoms with Gasteiger partial charge in [0, 0.05) is 39.7 Å². The summed E-state index contributed by atoms with van der Waals surface area (Å²) < 4.78 is 6.10. The SMILES string of the molecule is COC(=O)Nc1ccc(-c2cc(C(Cc3cscn3)NC(=O)C=Cc3cc(Cl)ccc3-n3cnnn3)nnc2Cl)cc1. The van der Waals surface area contributed by atoms with E-state index in [2.05, 4.69) is 46.1 Å². The first-order valence-electron chi connectivity index (χ1n) is 12.3. The minimum atomic E-state index is -0.578. The number of rotatable bonds is 9. The Morgan fingerprint density at radius 3 is 2.67 bits per heavy atom. The van der Waals surface area contributed by atoms with Crippen LogP contribution in [0.2, 0.25) is 10.2 Å². The summed E-state index contributed by atoms with van der Waals surface area (Å²) in [5, 5.41) is 27.8. The van der Waals surface area contributed by atoms with E-state index in [9.17, 15) is 9.59 Å². The van der Waals surface area contributed by atoms with Crippen molar-refractivity contribution in [3.8, 4) is 16.8 Å². The molecule has 0 radical (unpaired) electrons. The summed E-state index contributed by atoms with van der Waals surface area (Å²) in [6.45, 7) is 0. The molecule has 2 aromatic carbocycles. The molecule has 0 spiro atoms. The summed E-state index contributed by atoms with van der Waals surface area (Å²) >= 11 is 14.1. The van der Waals surface area contributed by atoms with Gasteiger partial charge in [-0.2, -0.15) is 9.78 Å². The smallest absolute Gasteiger partial charge is 0.411 e. The van der Waals surface area contributed by atoms with Crippen LogP contribution in [-0.2, 0) is 16.0 Å². The number of amides is 2. The van der Waals surface area contributed by atoms with Crippen LogP contribution in [0.3, 0.4) is 0 Å². The van der Waals surface area contributed by atoms with Crippen LogP contribution in [0.4, 0.5) is 10.5 Å². The van der Waals surface area contributed by atoms with Crippen molar-refractivity contribution in [3.63, 3.8) is 0 Å². The number of nitrogens with zero attached hydrogens (tertiary/aromatic N) is 7. The van der Waals surface area contributed by atoms with Crippen LogP contribution in [0, 0.1) is 0 Å². The van der Waals surface area contributed by atoms with E-state index in [-0.39, 0.29) is 11.1 Å². The lowest BCUT2D eigenvalue weighted by Crippen LogP contribution is -2.29. The topological polar surface area (TPSA) is 150 Å². The van der Waals surface area contributed by atoms with Crippen LogP contribution in [0.1, 0.15) is 23.0 Å². The Labute approximate surface area is 253 Å². The lowest BCUT2D eigenvalue weighted by Gasteiger charge is -2.17. The Hall–Kier alpha value is -4.72. The van der Waals surface area contributed by atoms with Gasteiger partial charge in [0.2, 0.25) is 5.91 Å². The van der Waals surface area contributed by atoms with Crippen molar-refractivity contribution in [1.29, 1.82) is 0 Å². The molecule has 15 heteroatoms. The number of hydrogen-bond acceptors (Lipinski definition) is 10. The van der Waals surface area contributed by atoms with Crippen LogP contribution >= 0.6 is 34.5 Å². The Bertz CT molecular complexity index is 1710. The average Bonchev–Trinajstić information content (AvgIpc) is 3.72. The molecule has 2 amide bonds. The van der Waals surface area contributed by atoms with Crippen LogP contribution < -0.4 is 10.6 Å². The Morgan fingerprint density at radius 1 is 1.12 bits per heavy atom. The molecule has 5 rings (SSSR count). The largest absolute Gasteiger partial charge is 0.453 e. The van der Waals surface area contributed by atoms with E-state index in [1.54, 1.807) is 60.1 Å². The first-order chi connectivity index (χ1) is 20.4. The number of benzene rings is 2. The minimum absolute atomic E-state index is 0.183. The van der Waals surface area contributed by atoms with Crippen molar-refractivity contribution in [2.24, 2.45) is 0 Å². The van der Waals surface area contributed by atoms with E-state index in [1.807, 2.05) is 5.38 Å². The minimum Gasteiger partial charge on any atom is -0.453 e. The summed E-state index contributed by atoms with van der Waals surface area (Å²) in [4.78, 5) is 29.0. The third kappa shape index (κ3) is 7.13. The number of aromatic nitrogens is 7. The van der Waals surface area contributed by atoms with Crippen LogP contribution in [-0.4, -0.2) is 54.5 Å². The quantitative estimate of drug-likeness (QED) is 0.212. The van der Waals surface area contributed by atoms with E-state index in [1.165, 1.54) is 35.5 Å². The van der Waals surface area contributed by atoms with Crippen molar-refractivity contribution < 1.29 is 14.3 Å². The summed E-state index contributed by atoms with van der Waals surface area (Å²) in [7, 11) is 1.29. The number of methoxy groups -OCH3 is 1. The van der Waals surface area contributed by atoms with Gasteiger partial charge in [-0.25, -0.2) is 9.78 Å². The number of anilines is 1. The second-order valence-corrected chi connectivity index (χ2v) is 10.2. The number of carbonyl (C=O) groups is 2. The molecule has 12 nitrogen and oxygen atoms in total. The van der Waals surface area contributed by atoms with Gasteiger partial charge in [0.1, 0.15) is 6.33 Å². The van der Waals surface area contributed by atoms with E-state index in [0.29, 0.717) is 39.6 Å². The van der Waals surface area contributed by atoms with E-state index in [0.717, 1.165) is 11.3 Å². The molecule has 0 saturated carbocycles. The third-order valence-corrected chi connectivity index (χ3v) is 7.11. The average molecular weight is 622 g/mol. The fraction of sp³-hybridized carbons (Fsp3) is 0.111. The van der Waals surface area contributed by atoms with Gasteiger partial charge < -0.3 is 10.1 Å². The predicted molar refractivity (Wildman–Crippen MR) is 158 cm³/mol. The monoisotopic (exact) mass is 621 g/mol. The molecule has 0 saturated heterocycles. The molecule has 0 bridgehead atoms. The van der Waals surface area contributed by atoms with Crippen LogP contribution in [0.15, 0.2) is 71.8 Å². The normalized spacial score (nSPS) is 11.8. The van der Waals surface area contributed by atoms with Crippen molar-refractivity contribution in [1.82, 2.24) is 40.7 Å². The highest BCUT2D eigenvalue weighted by molar-refractivity contribution is 7.07. The van der Waals surface area contributed by atoms with Gasteiger partial charge in [-0.05, 0) is 58.5 Å². The molecule has 1 unspecified atom stereocenters. The molecule has 3 aromatic heterocycles. The number of hydrogen-bond donors (Lipinski definition) is 2. The predicted octanol–water partition coefficient (Wildman–Crippen LogP) is 5.17. The third-order valence-electron chi connectivity index (χ3n) is 5.97. The molecule has 0 aliphatic rings. The van der Waals surface area contributed by atoms with Gasteiger partial charge in [0.15, 0.2) is 5.15 Å². The zero-order chi connectivity index (χ0) is 29.5. The Morgan fingerprint density at radius 2 is 1.95 bits per heavy atom. The van der Waals surface area contributed by atoms with E-state index in [4.69, 9.17) is 23.2 Å². The molecule has 3 heterocycles. The van der Waals surface area contributed by atoms with Crippen molar-refractivity contribution >= 4 is 58.3 Å². The molecular weight excluding hydrogens is 601 g/mol. The fourth-order valence-corrected chi connectivity index (χ4v) is 4.92. The number of carbonyl (C=O) groups excluding carboxylic acids is 2. The number of nitrogens with one attached hydrogen (secondary N) is 2. The Balaban J connectivity index is 1.40. The second-order valence-electron chi connectivity index (χ2n) is 8.70. The zero-order valence-electron chi connectivity index (χ0n) is 21.8. The van der Waals surface area contributed by atoms with Crippen LogP contribution in [0.25, 0.3) is 22.9 Å². The summed E-state index contributed by atoms with van der Waals surface area (Å²) in [5.41, 5.74) is 6.15. The lowest BCUT2D eigenvalue weighted by atomic mass is 10.0. The number of thiazole rings is 1. The molecule has 5 aromatic rings. The highest BCUT2D eigenvalue weighted by Gasteiger charge is 2.20. The van der Waals surface area contributed by atoms with E-state index < -0.39 is 12.1 Å². The number of ether oxygens (including phenoxy) is 1. The first kappa shape index (κ1) is 28.8. The molecule has 42 heavy (non-hydrogen) atoms. The summed E-state index contributed by atoms with van der Waals surface area (Å²) in [5.74, 6) is -0.380. The maximum atomic E-state index is 13.2. The van der Waals surface area contributed by atoms with Crippen LogP contribution in [0.5, 0.6) is 0 Å². The fourth-order valence-electron chi connectivity index (χ4n) is 3.97. The second kappa shape index (κ2) is 13.3. The Kier molecular flexibility index (Phi) is 9.12.